The van der Waals surface area contributed by atoms with Crippen molar-refractivity contribution in [2.24, 2.45) is 0 Å². The number of benzene rings is 1. The van der Waals surface area contributed by atoms with Crippen molar-refractivity contribution in [1.82, 2.24) is 4.90 Å². The van der Waals surface area contributed by atoms with Crippen molar-refractivity contribution in [3.8, 4) is 0 Å². The molecule has 0 bridgehead atoms. The highest BCUT2D eigenvalue weighted by Gasteiger charge is 2.21. The largest absolute Gasteiger partial charge is 0.372 e. The molecule has 0 radical (unpaired) electrons. The third-order valence-electron chi connectivity index (χ3n) is 4.34. The highest BCUT2D eigenvalue weighted by molar-refractivity contribution is 6.39. The lowest BCUT2D eigenvalue weighted by Crippen LogP contribution is -2.40. The average Bonchev–Trinajstić information content (AvgIpc) is 2.61. The molecule has 5 heteroatoms. The number of rotatable bonds is 9. The zero-order valence-corrected chi connectivity index (χ0v) is 16.4. The number of unbranched alkanes of at least 4 members (excludes halogenated alkanes) is 1. The second-order valence-corrected chi connectivity index (χ2v) is 6.27. The summed E-state index contributed by atoms with van der Waals surface area (Å²) in [6.45, 7) is 13.4. The normalized spacial score (nSPS) is 10.4. The van der Waals surface area contributed by atoms with Crippen molar-refractivity contribution in [2.45, 2.75) is 53.9 Å². The van der Waals surface area contributed by atoms with Gasteiger partial charge in [-0.15, -0.1) is 0 Å². The molecule has 0 unspecified atom stereocenters. The van der Waals surface area contributed by atoms with Crippen LogP contribution in [0.3, 0.4) is 0 Å². The second-order valence-electron chi connectivity index (χ2n) is 6.27. The van der Waals surface area contributed by atoms with Gasteiger partial charge in [0, 0.05) is 37.6 Å². The van der Waals surface area contributed by atoms with E-state index in [4.69, 9.17) is 0 Å². The highest BCUT2D eigenvalue weighted by Crippen LogP contribution is 2.22. The first-order valence-electron chi connectivity index (χ1n) is 9.44. The van der Waals surface area contributed by atoms with Gasteiger partial charge >= 0.3 is 11.8 Å². The zero-order valence-electron chi connectivity index (χ0n) is 16.4. The maximum Gasteiger partial charge on any atom is 0.313 e. The number of hydrogen-bond acceptors (Lipinski definition) is 3. The van der Waals surface area contributed by atoms with E-state index in [0.29, 0.717) is 18.8 Å². The topological polar surface area (TPSA) is 52.7 Å². The van der Waals surface area contributed by atoms with Gasteiger partial charge in [0.1, 0.15) is 0 Å². The minimum atomic E-state index is -0.553. The van der Waals surface area contributed by atoms with E-state index >= 15 is 0 Å². The van der Waals surface area contributed by atoms with Crippen LogP contribution in [0.1, 0.15) is 52.5 Å². The summed E-state index contributed by atoms with van der Waals surface area (Å²) in [5.41, 5.74) is 2.78. The molecule has 1 aromatic carbocycles. The molecule has 0 aromatic heterocycles. The Morgan fingerprint density at radius 3 is 2.20 bits per heavy atom. The van der Waals surface area contributed by atoms with Crippen LogP contribution in [-0.4, -0.2) is 42.9 Å². The zero-order chi connectivity index (χ0) is 18.8. The molecule has 0 atom stereocenters. The molecule has 5 nitrogen and oxygen atoms in total. The van der Waals surface area contributed by atoms with Gasteiger partial charge in [-0.25, -0.2) is 0 Å². The number of carbonyl (C=O) groups excluding carboxylic acids is 2. The van der Waals surface area contributed by atoms with Crippen LogP contribution in [0.5, 0.6) is 0 Å². The minimum Gasteiger partial charge on any atom is -0.372 e. The third kappa shape index (κ3) is 6.07. The van der Waals surface area contributed by atoms with Crippen molar-refractivity contribution < 1.29 is 9.59 Å². The van der Waals surface area contributed by atoms with Crippen LogP contribution >= 0.6 is 0 Å². The lowest BCUT2D eigenvalue weighted by Gasteiger charge is -2.23. The molecule has 0 fully saturated rings. The standard InChI is InChI=1S/C20H33N3O2/c1-6-10-14-23(13-7-2)20(25)19(24)21-18-12-11-17(15-16(18)5)22(8-3)9-4/h11-12,15H,6-10,13-14H2,1-5H3,(H,21,24). The fraction of sp³-hybridized carbons (Fsp3) is 0.600. The van der Waals surface area contributed by atoms with E-state index in [1.165, 1.54) is 0 Å². The fourth-order valence-electron chi connectivity index (χ4n) is 2.83. The smallest absolute Gasteiger partial charge is 0.313 e. The number of carbonyl (C=O) groups is 2. The van der Waals surface area contributed by atoms with Crippen LogP contribution < -0.4 is 10.2 Å². The highest BCUT2D eigenvalue weighted by atomic mass is 16.2. The summed E-state index contributed by atoms with van der Waals surface area (Å²) in [6.07, 6.45) is 2.76. The summed E-state index contributed by atoms with van der Waals surface area (Å²) in [6, 6.07) is 5.92. The van der Waals surface area contributed by atoms with Gasteiger partial charge in [-0.1, -0.05) is 20.3 Å². The molecule has 0 saturated heterocycles. The Morgan fingerprint density at radius 2 is 1.68 bits per heavy atom. The van der Waals surface area contributed by atoms with Gasteiger partial charge in [0.25, 0.3) is 0 Å². The van der Waals surface area contributed by atoms with Gasteiger partial charge in [-0.3, -0.25) is 9.59 Å². The van der Waals surface area contributed by atoms with Crippen LogP contribution in [0, 0.1) is 6.92 Å². The van der Waals surface area contributed by atoms with Crippen LogP contribution in [-0.2, 0) is 9.59 Å². The molecule has 1 N–H and O–H groups in total. The maximum absolute atomic E-state index is 12.4. The van der Waals surface area contributed by atoms with Crippen LogP contribution in [0.25, 0.3) is 0 Å². The Hall–Kier alpha value is -2.04. The van der Waals surface area contributed by atoms with E-state index in [1.54, 1.807) is 4.90 Å². The Morgan fingerprint density at radius 1 is 1.00 bits per heavy atom. The van der Waals surface area contributed by atoms with E-state index in [2.05, 4.69) is 31.0 Å². The lowest BCUT2D eigenvalue weighted by molar-refractivity contribution is -0.143. The molecule has 140 valence electrons. The second kappa shape index (κ2) is 10.7. The molecule has 0 spiro atoms. The minimum absolute atomic E-state index is 0.442. The van der Waals surface area contributed by atoms with Crippen molar-refractivity contribution in [3.63, 3.8) is 0 Å². The van der Waals surface area contributed by atoms with E-state index in [0.717, 1.165) is 43.6 Å². The number of hydrogen-bond donors (Lipinski definition) is 1. The Balaban J connectivity index is 2.82. The summed E-state index contributed by atoms with van der Waals surface area (Å²) >= 11 is 0. The SMILES string of the molecule is CCCCN(CCC)C(=O)C(=O)Nc1ccc(N(CC)CC)cc1C. The molecule has 0 heterocycles. The lowest BCUT2D eigenvalue weighted by atomic mass is 10.1. The Labute approximate surface area is 152 Å². The summed E-state index contributed by atoms with van der Waals surface area (Å²) in [4.78, 5) is 28.7. The quantitative estimate of drug-likeness (QED) is 0.691. The Kier molecular flexibility index (Phi) is 9.03. The first-order chi connectivity index (χ1) is 12.0. The Bertz CT molecular complexity index is 568. The van der Waals surface area contributed by atoms with Crippen LogP contribution in [0.15, 0.2) is 18.2 Å². The predicted molar refractivity (Wildman–Crippen MR) is 105 cm³/mol. The predicted octanol–water partition coefficient (Wildman–Crippen LogP) is 3.82. The number of nitrogens with one attached hydrogen (secondary N) is 1. The van der Waals surface area contributed by atoms with E-state index in [1.807, 2.05) is 32.0 Å². The summed E-state index contributed by atoms with van der Waals surface area (Å²) in [7, 11) is 0. The average molecular weight is 348 g/mol. The first-order valence-corrected chi connectivity index (χ1v) is 9.44. The molecular formula is C20H33N3O2. The van der Waals surface area contributed by atoms with Crippen LogP contribution in [0.2, 0.25) is 0 Å². The summed E-state index contributed by atoms with van der Waals surface area (Å²) in [5.74, 6) is -0.995. The first kappa shape index (κ1) is 21.0. The molecule has 0 aliphatic carbocycles. The summed E-state index contributed by atoms with van der Waals surface area (Å²) in [5, 5.41) is 2.78. The number of aryl methyl sites for hydroxylation is 1. The summed E-state index contributed by atoms with van der Waals surface area (Å²) < 4.78 is 0. The van der Waals surface area contributed by atoms with Gasteiger partial charge in [-0.2, -0.15) is 0 Å². The van der Waals surface area contributed by atoms with Gasteiger partial charge < -0.3 is 15.1 Å². The fourth-order valence-corrected chi connectivity index (χ4v) is 2.83. The number of nitrogens with zero attached hydrogens (tertiary/aromatic N) is 2. The molecule has 0 aliphatic heterocycles. The molecule has 0 saturated carbocycles. The van der Waals surface area contributed by atoms with E-state index in [-0.39, 0.29) is 0 Å². The maximum atomic E-state index is 12.4. The molecule has 1 aromatic rings. The van der Waals surface area contributed by atoms with Crippen molar-refractivity contribution >= 4 is 23.2 Å². The number of amides is 2. The van der Waals surface area contributed by atoms with Gasteiger partial charge in [-0.05, 0) is 57.4 Å². The van der Waals surface area contributed by atoms with Crippen molar-refractivity contribution in [2.75, 3.05) is 36.4 Å². The third-order valence-corrected chi connectivity index (χ3v) is 4.34. The van der Waals surface area contributed by atoms with E-state index < -0.39 is 11.8 Å². The van der Waals surface area contributed by atoms with Crippen molar-refractivity contribution in [3.05, 3.63) is 23.8 Å². The van der Waals surface area contributed by atoms with Gasteiger partial charge in [0.2, 0.25) is 0 Å². The monoisotopic (exact) mass is 347 g/mol. The van der Waals surface area contributed by atoms with E-state index in [9.17, 15) is 9.59 Å². The molecule has 1 rings (SSSR count). The van der Waals surface area contributed by atoms with Gasteiger partial charge in [0.05, 0.1) is 0 Å². The molecule has 0 aliphatic rings. The van der Waals surface area contributed by atoms with Crippen LogP contribution in [0.4, 0.5) is 11.4 Å². The van der Waals surface area contributed by atoms with Gasteiger partial charge in [0.15, 0.2) is 0 Å². The molecule has 2 amide bonds. The molecular weight excluding hydrogens is 314 g/mol. The number of anilines is 2. The van der Waals surface area contributed by atoms with Crippen molar-refractivity contribution in [1.29, 1.82) is 0 Å². The molecule has 25 heavy (non-hydrogen) atoms.